The van der Waals surface area contributed by atoms with Crippen LogP contribution in [0.4, 0.5) is 17.1 Å². The molecule has 5 N–H and O–H groups in total. The van der Waals surface area contributed by atoms with Crippen LogP contribution in [0.5, 0.6) is 0 Å². The molecule has 2 amide bonds. The molecule has 3 aromatic carbocycles. The highest BCUT2D eigenvalue weighted by Gasteiger charge is 2.17. The number of nitrogens with two attached hydrogens (primary N) is 1. The van der Waals surface area contributed by atoms with Crippen LogP contribution in [0, 0.1) is 6.92 Å². The number of fused-ring (bicyclic) bond motifs is 3. The molecule has 0 bridgehead atoms. The third-order valence-corrected chi connectivity index (χ3v) is 5.14. The lowest BCUT2D eigenvalue weighted by molar-refractivity contribution is -0.342. The van der Waals surface area contributed by atoms with E-state index in [0.29, 0.717) is 5.69 Å². The number of nitrogens with one attached hydrogen (secondary N) is 3. The Morgan fingerprint density at radius 1 is 0.903 bits per heavy atom. The van der Waals surface area contributed by atoms with Crippen molar-refractivity contribution >= 4 is 50.6 Å². The maximum Gasteiger partial charge on any atom is 0.221 e. The average Bonchev–Trinajstić information content (AvgIpc) is 2.69. The summed E-state index contributed by atoms with van der Waals surface area (Å²) in [4.78, 5) is 26.5. The number of amides is 2. The minimum atomic E-state index is -0.139. The van der Waals surface area contributed by atoms with Gasteiger partial charge in [0, 0.05) is 36.7 Å². The summed E-state index contributed by atoms with van der Waals surface area (Å²) in [5.41, 5.74) is 12.2. The molecule has 158 valence electrons. The lowest BCUT2D eigenvalue weighted by Crippen LogP contribution is -3.00. The Morgan fingerprint density at radius 3 is 2.23 bits per heavy atom. The summed E-state index contributed by atoms with van der Waals surface area (Å²) in [5.74, 6) is -0.252. The molecule has 7 heteroatoms. The second kappa shape index (κ2) is 8.62. The van der Waals surface area contributed by atoms with Gasteiger partial charge in [0.05, 0.1) is 16.5 Å². The molecule has 0 fully saturated rings. The first-order valence-electron chi connectivity index (χ1n) is 9.66. The Hall–Kier alpha value is -3.64. The van der Waals surface area contributed by atoms with Gasteiger partial charge in [-0.15, -0.1) is 0 Å². The van der Waals surface area contributed by atoms with E-state index < -0.39 is 0 Å². The zero-order chi connectivity index (χ0) is 21.4. The molecule has 1 heterocycles. The van der Waals surface area contributed by atoms with Crippen LogP contribution in [0.15, 0.2) is 54.7 Å². The number of anilines is 3. The number of carbonyl (C=O) groups is 2. The number of benzene rings is 3. The summed E-state index contributed by atoms with van der Waals surface area (Å²) >= 11 is 0. The number of nitrogen functional groups attached to an aromatic ring is 1. The van der Waals surface area contributed by atoms with Gasteiger partial charge in [-0.25, -0.2) is 4.98 Å². The molecule has 0 radical (unpaired) electrons. The standard InChI is InChI=1S/C24H22N4O2.ClH/c1-13-19(16-4-7-18(8-5-16)27-14(2)29)11-23(28-15(3)30)21-12-26-22-9-6-17(25)10-20(22)24(13)21;/h4-12H,25H2,1-3H3,(H,27,29)(H,28,30);1H. The number of halogens is 1. The van der Waals surface area contributed by atoms with Crippen LogP contribution >= 0.6 is 0 Å². The first-order chi connectivity index (χ1) is 14.3. The maximum atomic E-state index is 11.9. The van der Waals surface area contributed by atoms with Gasteiger partial charge in [-0.1, -0.05) is 12.1 Å². The third kappa shape index (κ3) is 4.29. The Bertz CT molecular complexity index is 1320. The molecule has 0 saturated carbocycles. The van der Waals surface area contributed by atoms with Crippen LogP contribution in [0.25, 0.3) is 32.8 Å². The largest absolute Gasteiger partial charge is 1.00 e. The summed E-state index contributed by atoms with van der Waals surface area (Å²) in [5, 5.41) is 8.68. The fraction of sp³-hybridized carbons (Fsp3) is 0.125. The van der Waals surface area contributed by atoms with Crippen LogP contribution in [-0.2, 0) is 9.59 Å². The molecule has 0 unspecified atom stereocenters. The number of rotatable bonds is 3. The topological polar surface area (TPSA) is 98.4 Å². The number of aryl methyl sites for hydroxylation is 1. The van der Waals surface area contributed by atoms with Crippen LogP contribution in [0.3, 0.4) is 0 Å². The Balaban J connectivity index is 0.00000272. The average molecular weight is 435 g/mol. The first kappa shape index (κ1) is 22.1. The SMILES string of the molecule is CC(=O)Nc1ccc(-c2cc(NC(C)=O)c3c[nH+]c4ccc(N)cc4c3c2C)cc1.[Cl-]. The molecule has 0 saturated heterocycles. The predicted octanol–water partition coefficient (Wildman–Crippen LogP) is 1.29. The molecule has 1 aromatic heterocycles. The normalized spacial score (nSPS) is 10.5. The van der Waals surface area contributed by atoms with Gasteiger partial charge >= 0.3 is 0 Å². The lowest BCUT2D eigenvalue weighted by atomic mass is 9.92. The fourth-order valence-electron chi connectivity index (χ4n) is 3.87. The second-order valence-corrected chi connectivity index (χ2v) is 7.42. The van der Waals surface area contributed by atoms with Gasteiger partial charge in [-0.2, -0.15) is 0 Å². The summed E-state index contributed by atoms with van der Waals surface area (Å²) in [6.45, 7) is 5.05. The van der Waals surface area contributed by atoms with Gasteiger partial charge < -0.3 is 28.8 Å². The van der Waals surface area contributed by atoms with Crippen LogP contribution in [0.1, 0.15) is 19.4 Å². The number of carbonyl (C=O) groups excluding carboxylic acids is 2. The quantitative estimate of drug-likeness (QED) is 0.334. The number of aromatic nitrogens is 1. The van der Waals surface area contributed by atoms with E-state index in [1.165, 1.54) is 13.8 Å². The summed E-state index contributed by atoms with van der Waals surface area (Å²) < 4.78 is 0. The van der Waals surface area contributed by atoms with Crippen LogP contribution in [-0.4, -0.2) is 11.8 Å². The molecule has 0 aliphatic rings. The van der Waals surface area contributed by atoms with E-state index in [-0.39, 0.29) is 24.2 Å². The monoisotopic (exact) mass is 434 g/mol. The van der Waals surface area contributed by atoms with E-state index in [0.717, 1.165) is 49.7 Å². The lowest BCUT2D eigenvalue weighted by Gasteiger charge is -2.15. The van der Waals surface area contributed by atoms with E-state index in [4.69, 9.17) is 5.73 Å². The maximum absolute atomic E-state index is 11.9. The number of H-pyrrole nitrogens is 1. The van der Waals surface area contributed by atoms with Crippen molar-refractivity contribution in [1.82, 2.24) is 0 Å². The van der Waals surface area contributed by atoms with Crippen molar-refractivity contribution in [3.05, 3.63) is 60.3 Å². The molecule has 0 aliphatic heterocycles. The molecule has 31 heavy (non-hydrogen) atoms. The second-order valence-electron chi connectivity index (χ2n) is 7.42. The van der Waals surface area contributed by atoms with Crippen LogP contribution < -0.4 is 33.8 Å². The molecule has 0 atom stereocenters. The summed E-state index contributed by atoms with van der Waals surface area (Å²) in [6.07, 6.45) is 1.91. The van der Waals surface area contributed by atoms with Crippen molar-refractivity contribution in [2.24, 2.45) is 0 Å². The highest BCUT2D eigenvalue weighted by molar-refractivity contribution is 6.14. The number of aromatic amines is 1. The molecule has 0 spiro atoms. The Morgan fingerprint density at radius 2 is 1.58 bits per heavy atom. The van der Waals surface area contributed by atoms with Crippen molar-refractivity contribution in [3.63, 3.8) is 0 Å². The molecular formula is C24H23ClN4O2. The van der Waals surface area contributed by atoms with E-state index in [1.807, 2.05) is 54.7 Å². The minimum Gasteiger partial charge on any atom is -1.00 e. The van der Waals surface area contributed by atoms with E-state index in [9.17, 15) is 9.59 Å². The zero-order valence-electron chi connectivity index (χ0n) is 17.5. The Kier molecular flexibility index (Phi) is 6.13. The fourth-order valence-corrected chi connectivity index (χ4v) is 3.87. The predicted molar refractivity (Wildman–Crippen MR) is 121 cm³/mol. The van der Waals surface area contributed by atoms with Gasteiger partial charge in [-0.05, 0) is 53.9 Å². The highest BCUT2D eigenvalue weighted by Crippen LogP contribution is 2.38. The molecular weight excluding hydrogens is 412 g/mol. The molecule has 6 nitrogen and oxygen atoms in total. The molecule has 4 aromatic rings. The smallest absolute Gasteiger partial charge is 0.221 e. The van der Waals surface area contributed by atoms with Crippen molar-refractivity contribution in [2.45, 2.75) is 20.8 Å². The van der Waals surface area contributed by atoms with E-state index in [1.54, 1.807) is 0 Å². The zero-order valence-corrected chi connectivity index (χ0v) is 18.2. The van der Waals surface area contributed by atoms with Gasteiger partial charge in [0.25, 0.3) is 0 Å². The summed E-state index contributed by atoms with van der Waals surface area (Å²) in [6, 6.07) is 15.4. The number of hydrogen-bond acceptors (Lipinski definition) is 3. The Labute approximate surface area is 186 Å². The van der Waals surface area contributed by atoms with Gasteiger partial charge in [0.1, 0.15) is 0 Å². The van der Waals surface area contributed by atoms with Gasteiger partial charge in [-0.3, -0.25) is 9.59 Å². The first-order valence-corrected chi connectivity index (χ1v) is 9.66. The third-order valence-electron chi connectivity index (χ3n) is 5.14. The molecule has 0 aliphatic carbocycles. The molecule has 4 rings (SSSR count). The van der Waals surface area contributed by atoms with Gasteiger partial charge in [0.15, 0.2) is 6.20 Å². The van der Waals surface area contributed by atoms with Crippen molar-refractivity contribution < 1.29 is 27.0 Å². The van der Waals surface area contributed by atoms with Gasteiger partial charge in [0.2, 0.25) is 17.3 Å². The van der Waals surface area contributed by atoms with Crippen LogP contribution in [0.2, 0.25) is 0 Å². The van der Waals surface area contributed by atoms with Crippen molar-refractivity contribution in [3.8, 4) is 11.1 Å². The van der Waals surface area contributed by atoms with Crippen molar-refractivity contribution in [2.75, 3.05) is 16.4 Å². The minimum absolute atomic E-state index is 0. The van der Waals surface area contributed by atoms with Crippen molar-refractivity contribution in [1.29, 1.82) is 0 Å². The van der Waals surface area contributed by atoms with E-state index >= 15 is 0 Å². The summed E-state index contributed by atoms with van der Waals surface area (Å²) in [7, 11) is 0. The number of hydrogen-bond donors (Lipinski definition) is 3. The van der Waals surface area contributed by atoms with E-state index in [2.05, 4.69) is 22.5 Å². The number of pyridine rings is 1. The highest BCUT2D eigenvalue weighted by atomic mass is 35.5.